The predicted molar refractivity (Wildman–Crippen MR) is 121 cm³/mol. The third kappa shape index (κ3) is 4.09. The fourth-order valence-electron chi connectivity index (χ4n) is 3.71. The molecule has 4 aromatic rings. The standard InChI is InChI=1S/C28H25O/c1-3-23-19-26(24-15-9-5-10-16-24)27(25-17-11-6-12-18-25)28(21(23)2)29-20-22-13-7-4-8-14-22/h4-18H,3,20H2,1-2H3. The van der Waals surface area contributed by atoms with Gasteiger partial charge < -0.3 is 4.74 Å². The summed E-state index contributed by atoms with van der Waals surface area (Å²) >= 11 is 0. The lowest BCUT2D eigenvalue weighted by molar-refractivity contribution is 0.305. The molecule has 0 bridgehead atoms. The zero-order valence-corrected chi connectivity index (χ0v) is 17.0. The molecule has 0 atom stereocenters. The Labute approximate surface area is 173 Å². The minimum Gasteiger partial charge on any atom is -0.488 e. The zero-order chi connectivity index (χ0) is 20.1. The van der Waals surface area contributed by atoms with Gasteiger partial charge in [0.2, 0.25) is 0 Å². The molecule has 1 heteroatoms. The molecule has 1 radical (unpaired) electrons. The Balaban J connectivity index is 1.91. The minimum atomic E-state index is 0.545. The quantitative estimate of drug-likeness (QED) is 0.343. The number of hydrogen-bond donors (Lipinski definition) is 0. The maximum absolute atomic E-state index is 6.49. The van der Waals surface area contributed by atoms with Crippen molar-refractivity contribution in [3.63, 3.8) is 0 Å². The van der Waals surface area contributed by atoms with Crippen LogP contribution in [-0.2, 0) is 13.0 Å². The Morgan fingerprint density at radius 3 is 1.86 bits per heavy atom. The number of aryl methyl sites for hydroxylation is 1. The second-order valence-electron chi connectivity index (χ2n) is 7.17. The first kappa shape index (κ1) is 19.0. The van der Waals surface area contributed by atoms with Gasteiger partial charge in [0.25, 0.3) is 0 Å². The molecule has 0 heterocycles. The molecule has 0 spiro atoms. The van der Waals surface area contributed by atoms with E-state index in [0.717, 1.165) is 40.0 Å². The van der Waals surface area contributed by atoms with Crippen LogP contribution in [0.5, 0.6) is 5.75 Å². The van der Waals surface area contributed by atoms with Crippen LogP contribution in [0.4, 0.5) is 0 Å². The van der Waals surface area contributed by atoms with Crippen LogP contribution >= 0.6 is 0 Å². The van der Waals surface area contributed by atoms with E-state index in [0.29, 0.717) is 6.61 Å². The molecule has 4 rings (SSSR count). The molecule has 0 saturated carbocycles. The monoisotopic (exact) mass is 377 g/mol. The molecule has 143 valence electrons. The maximum atomic E-state index is 6.49. The summed E-state index contributed by atoms with van der Waals surface area (Å²) in [5.41, 5.74) is 8.05. The van der Waals surface area contributed by atoms with Crippen LogP contribution in [0, 0.1) is 13.0 Å². The van der Waals surface area contributed by atoms with Gasteiger partial charge in [0.15, 0.2) is 0 Å². The molecule has 0 aromatic heterocycles. The third-order valence-corrected chi connectivity index (χ3v) is 5.25. The van der Waals surface area contributed by atoms with Crippen molar-refractivity contribution in [3.05, 3.63) is 114 Å². The van der Waals surface area contributed by atoms with E-state index in [1.807, 2.05) is 18.2 Å². The van der Waals surface area contributed by atoms with Gasteiger partial charge in [-0.25, -0.2) is 0 Å². The van der Waals surface area contributed by atoms with Gasteiger partial charge >= 0.3 is 0 Å². The molecular weight excluding hydrogens is 352 g/mol. The smallest absolute Gasteiger partial charge is 0.131 e. The van der Waals surface area contributed by atoms with Crippen LogP contribution in [0.1, 0.15) is 23.6 Å². The summed E-state index contributed by atoms with van der Waals surface area (Å²) in [5.74, 6) is 0.953. The van der Waals surface area contributed by atoms with Crippen molar-refractivity contribution in [2.24, 2.45) is 0 Å². The Kier molecular flexibility index (Phi) is 5.76. The lowest BCUT2D eigenvalue weighted by atomic mass is 9.88. The van der Waals surface area contributed by atoms with E-state index in [4.69, 9.17) is 4.74 Å². The Hall–Kier alpha value is -3.32. The van der Waals surface area contributed by atoms with E-state index in [9.17, 15) is 0 Å². The highest BCUT2D eigenvalue weighted by Gasteiger charge is 2.19. The van der Waals surface area contributed by atoms with Crippen molar-refractivity contribution in [2.45, 2.75) is 26.9 Å². The van der Waals surface area contributed by atoms with E-state index in [-0.39, 0.29) is 0 Å². The molecule has 0 unspecified atom stereocenters. The van der Waals surface area contributed by atoms with E-state index < -0.39 is 0 Å². The molecule has 0 fully saturated rings. The van der Waals surface area contributed by atoms with Gasteiger partial charge in [-0.05, 0) is 47.2 Å². The Morgan fingerprint density at radius 2 is 1.28 bits per heavy atom. The van der Waals surface area contributed by atoms with Crippen molar-refractivity contribution in [1.29, 1.82) is 0 Å². The van der Waals surface area contributed by atoms with E-state index >= 15 is 0 Å². The van der Waals surface area contributed by atoms with Gasteiger partial charge in [-0.15, -0.1) is 0 Å². The second kappa shape index (κ2) is 8.79. The van der Waals surface area contributed by atoms with Crippen LogP contribution in [0.25, 0.3) is 22.3 Å². The number of benzene rings is 4. The average molecular weight is 378 g/mol. The van der Waals surface area contributed by atoms with Gasteiger partial charge in [-0.3, -0.25) is 0 Å². The van der Waals surface area contributed by atoms with Crippen LogP contribution in [0.3, 0.4) is 0 Å². The SMILES string of the molecule is CCc1[c]c(-c2ccccc2)c(-c2ccccc2)c(OCc2ccccc2)c1C. The minimum absolute atomic E-state index is 0.545. The van der Waals surface area contributed by atoms with Crippen molar-refractivity contribution < 1.29 is 4.74 Å². The summed E-state index contributed by atoms with van der Waals surface area (Å²) in [6.45, 7) is 4.87. The first-order chi connectivity index (χ1) is 14.3. The van der Waals surface area contributed by atoms with Gasteiger partial charge in [-0.2, -0.15) is 0 Å². The molecule has 4 aromatic carbocycles. The van der Waals surface area contributed by atoms with Gasteiger partial charge in [0.1, 0.15) is 12.4 Å². The zero-order valence-electron chi connectivity index (χ0n) is 17.0. The van der Waals surface area contributed by atoms with E-state index in [1.165, 1.54) is 11.1 Å². The highest BCUT2D eigenvalue weighted by atomic mass is 16.5. The summed E-state index contributed by atoms with van der Waals surface area (Å²) in [7, 11) is 0. The molecule has 0 amide bonds. The molecule has 29 heavy (non-hydrogen) atoms. The highest BCUT2D eigenvalue weighted by Crippen LogP contribution is 2.43. The molecular formula is C28H25O. The second-order valence-corrected chi connectivity index (χ2v) is 7.17. The van der Waals surface area contributed by atoms with Gasteiger partial charge in [0.05, 0.1) is 0 Å². The topological polar surface area (TPSA) is 9.23 Å². The van der Waals surface area contributed by atoms with Gasteiger partial charge in [0, 0.05) is 11.1 Å². The van der Waals surface area contributed by atoms with E-state index in [1.54, 1.807) is 0 Å². The molecule has 0 saturated heterocycles. The van der Waals surface area contributed by atoms with Crippen molar-refractivity contribution >= 4 is 0 Å². The summed E-state index contributed by atoms with van der Waals surface area (Å²) < 4.78 is 6.49. The summed E-state index contributed by atoms with van der Waals surface area (Å²) in [4.78, 5) is 0. The average Bonchev–Trinajstić information content (AvgIpc) is 2.80. The third-order valence-electron chi connectivity index (χ3n) is 5.25. The lowest BCUT2D eigenvalue weighted by Crippen LogP contribution is -2.03. The molecule has 0 N–H and O–H groups in total. The van der Waals surface area contributed by atoms with Crippen LogP contribution < -0.4 is 4.74 Å². The molecule has 0 aliphatic heterocycles. The Bertz CT molecular complexity index is 1070. The van der Waals surface area contributed by atoms with Gasteiger partial charge in [-0.1, -0.05) is 97.9 Å². The fraction of sp³-hybridized carbons (Fsp3) is 0.143. The number of hydrogen-bond acceptors (Lipinski definition) is 1. The summed E-state index contributed by atoms with van der Waals surface area (Å²) in [6, 6.07) is 35.0. The normalized spacial score (nSPS) is 10.7. The predicted octanol–water partition coefficient (Wildman–Crippen LogP) is 7.27. The van der Waals surface area contributed by atoms with Crippen molar-refractivity contribution in [2.75, 3.05) is 0 Å². The van der Waals surface area contributed by atoms with Crippen molar-refractivity contribution in [1.82, 2.24) is 0 Å². The van der Waals surface area contributed by atoms with Crippen LogP contribution in [0.15, 0.2) is 91.0 Å². The summed E-state index contributed by atoms with van der Waals surface area (Å²) in [6.07, 6.45) is 0.919. The molecule has 0 aliphatic carbocycles. The van der Waals surface area contributed by atoms with E-state index in [2.05, 4.69) is 92.7 Å². The molecule has 1 nitrogen and oxygen atoms in total. The first-order valence-electron chi connectivity index (χ1n) is 10.1. The maximum Gasteiger partial charge on any atom is 0.131 e. The Morgan fingerprint density at radius 1 is 0.724 bits per heavy atom. The van der Waals surface area contributed by atoms with Crippen LogP contribution in [0.2, 0.25) is 0 Å². The fourth-order valence-corrected chi connectivity index (χ4v) is 3.71. The largest absolute Gasteiger partial charge is 0.488 e. The molecule has 0 aliphatic rings. The highest BCUT2D eigenvalue weighted by molar-refractivity contribution is 5.89. The van der Waals surface area contributed by atoms with Crippen molar-refractivity contribution in [3.8, 4) is 28.0 Å². The number of ether oxygens (including phenoxy) is 1. The number of rotatable bonds is 6. The summed E-state index contributed by atoms with van der Waals surface area (Å²) in [5, 5.41) is 0. The van der Waals surface area contributed by atoms with Crippen LogP contribution in [-0.4, -0.2) is 0 Å². The lowest BCUT2D eigenvalue weighted by Gasteiger charge is -2.21. The first-order valence-corrected chi connectivity index (χ1v) is 10.1.